The van der Waals surface area contributed by atoms with Gasteiger partial charge in [0.2, 0.25) is 0 Å². The normalized spacial score (nSPS) is 21.7. The average molecular weight is 194 g/mol. The summed E-state index contributed by atoms with van der Waals surface area (Å²) >= 11 is 5.89. The van der Waals surface area contributed by atoms with Crippen LogP contribution >= 0.6 is 11.6 Å². The molecule has 0 N–H and O–H groups in total. The molecular formula is C11H12ClN. The number of hydrogen-bond acceptors (Lipinski definition) is 1. The second kappa shape index (κ2) is 3.51. The van der Waals surface area contributed by atoms with Gasteiger partial charge in [-0.25, -0.2) is 0 Å². The van der Waals surface area contributed by atoms with Crippen LogP contribution in [-0.2, 0) is 0 Å². The van der Waals surface area contributed by atoms with Crippen molar-refractivity contribution in [2.45, 2.75) is 19.8 Å². The van der Waals surface area contributed by atoms with E-state index in [4.69, 9.17) is 11.6 Å². The molecule has 0 fully saturated rings. The summed E-state index contributed by atoms with van der Waals surface area (Å²) in [6.45, 7) is 2.23. The number of pyridine rings is 1. The first kappa shape index (κ1) is 8.76. The maximum absolute atomic E-state index is 5.89. The van der Waals surface area contributed by atoms with Gasteiger partial charge < -0.3 is 0 Å². The number of aromatic nitrogens is 1. The third kappa shape index (κ3) is 1.92. The van der Waals surface area contributed by atoms with Crippen molar-refractivity contribution in [2.75, 3.05) is 0 Å². The third-order valence-electron chi connectivity index (χ3n) is 2.41. The van der Waals surface area contributed by atoms with Crippen LogP contribution in [-0.4, -0.2) is 4.98 Å². The van der Waals surface area contributed by atoms with E-state index >= 15 is 0 Å². The highest BCUT2D eigenvalue weighted by Gasteiger charge is 2.13. The standard InChI is InChI=1S/C11H12ClN/c1-8-2-3-9(6-8)11-7-10(12)4-5-13-11/h4-8H,2-3H2,1H3. The molecular weight excluding hydrogens is 182 g/mol. The molecule has 68 valence electrons. The van der Waals surface area contributed by atoms with Gasteiger partial charge in [-0.1, -0.05) is 24.6 Å². The predicted molar refractivity (Wildman–Crippen MR) is 55.6 cm³/mol. The van der Waals surface area contributed by atoms with Crippen LogP contribution in [0.2, 0.25) is 5.02 Å². The van der Waals surface area contributed by atoms with Gasteiger partial charge in [-0.05, 0) is 36.5 Å². The van der Waals surface area contributed by atoms with Gasteiger partial charge >= 0.3 is 0 Å². The summed E-state index contributed by atoms with van der Waals surface area (Å²) < 4.78 is 0. The maximum atomic E-state index is 5.89. The number of hydrogen-bond donors (Lipinski definition) is 0. The number of allylic oxidation sites excluding steroid dienone is 2. The minimum Gasteiger partial charge on any atom is -0.257 e. The summed E-state index contributed by atoms with van der Waals surface area (Å²) in [5, 5.41) is 0.769. The minimum atomic E-state index is 0.691. The van der Waals surface area contributed by atoms with E-state index in [0.29, 0.717) is 5.92 Å². The zero-order valence-electron chi connectivity index (χ0n) is 7.63. The fourth-order valence-electron chi connectivity index (χ4n) is 1.69. The molecule has 1 nitrogen and oxygen atoms in total. The van der Waals surface area contributed by atoms with E-state index in [-0.39, 0.29) is 0 Å². The molecule has 1 aromatic heterocycles. The molecule has 0 spiro atoms. The highest BCUT2D eigenvalue weighted by atomic mass is 35.5. The van der Waals surface area contributed by atoms with Crippen molar-refractivity contribution in [3.05, 3.63) is 35.1 Å². The lowest BCUT2D eigenvalue weighted by molar-refractivity contribution is 0.703. The first-order valence-electron chi connectivity index (χ1n) is 4.58. The maximum Gasteiger partial charge on any atom is 0.0673 e. The monoisotopic (exact) mass is 193 g/mol. The summed E-state index contributed by atoms with van der Waals surface area (Å²) in [6.07, 6.45) is 6.43. The van der Waals surface area contributed by atoms with Crippen LogP contribution in [0.25, 0.3) is 5.57 Å². The second-order valence-corrected chi connectivity index (χ2v) is 4.00. The molecule has 0 saturated carbocycles. The molecule has 0 bridgehead atoms. The molecule has 1 aromatic rings. The summed E-state index contributed by atoms with van der Waals surface area (Å²) in [6, 6.07) is 3.75. The van der Waals surface area contributed by atoms with Crippen molar-refractivity contribution >= 4 is 17.2 Å². The van der Waals surface area contributed by atoms with Crippen molar-refractivity contribution < 1.29 is 0 Å². The van der Waals surface area contributed by atoms with Gasteiger partial charge in [-0.2, -0.15) is 0 Å². The van der Waals surface area contributed by atoms with Gasteiger partial charge in [0, 0.05) is 11.2 Å². The van der Waals surface area contributed by atoms with Gasteiger partial charge in [0.1, 0.15) is 0 Å². The largest absolute Gasteiger partial charge is 0.257 e. The molecule has 1 atom stereocenters. The lowest BCUT2D eigenvalue weighted by atomic mass is 10.1. The van der Waals surface area contributed by atoms with Crippen LogP contribution in [0.4, 0.5) is 0 Å². The van der Waals surface area contributed by atoms with E-state index in [1.165, 1.54) is 12.0 Å². The number of halogens is 1. The molecule has 1 heterocycles. The molecule has 1 aliphatic rings. The van der Waals surface area contributed by atoms with Crippen LogP contribution in [0.1, 0.15) is 25.5 Å². The van der Waals surface area contributed by atoms with Crippen LogP contribution in [0.5, 0.6) is 0 Å². The zero-order valence-corrected chi connectivity index (χ0v) is 8.38. The van der Waals surface area contributed by atoms with Crippen molar-refractivity contribution in [3.8, 4) is 0 Å². The smallest absolute Gasteiger partial charge is 0.0673 e. The Labute approximate surface area is 83.4 Å². The first-order valence-corrected chi connectivity index (χ1v) is 4.96. The van der Waals surface area contributed by atoms with Crippen LogP contribution in [0.3, 0.4) is 0 Å². The Morgan fingerprint density at radius 1 is 1.54 bits per heavy atom. The highest BCUT2D eigenvalue weighted by molar-refractivity contribution is 6.30. The molecule has 0 amide bonds. The summed E-state index contributed by atoms with van der Waals surface area (Å²) in [4.78, 5) is 4.30. The lowest BCUT2D eigenvalue weighted by Crippen LogP contribution is -1.85. The van der Waals surface area contributed by atoms with Crippen molar-refractivity contribution in [1.82, 2.24) is 4.98 Å². The van der Waals surface area contributed by atoms with Gasteiger partial charge in [0.25, 0.3) is 0 Å². The van der Waals surface area contributed by atoms with Crippen molar-refractivity contribution in [3.63, 3.8) is 0 Å². The Bertz CT molecular complexity index is 344. The zero-order chi connectivity index (χ0) is 9.26. The summed E-state index contributed by atoms with van der Waals surface area (Å²) in [7, 11) is 0. The Morgan fingerprint density at radius 2 is 2.38 bits per heavy atom. The van der Waals surface area contributed by atoms with Gasteiger partial charge in [-0.15, -0.1) is 0 Å². The molecule has 0 saturated heterocycles. The Hall–Kier alpha value is -0.820. The molecule has 1 unspecified atom stereocenters. The Morgan fingerprint density at radius 3 is 3.00 bits per heavy atom. The van der Waals surface area contributed by atoms with Gasteiger partial charge in [0.05, 0.1) is 5.69 Å². The average Bonchev–Trinajstić information content (AvgIpc) is 2.52. The van der Waals surface area contributed by atoms with Crippen LogP contribution in [0.15, 0.2) is 24.4 Å². The first-order chi connectivity index (χ1) is 6.25. The predicted octanol–water partition coefficient (Wildman–Crippen LogP) is 3.55. The van der Waals surface area contributed by atoms with E-state index < -0.39 is 0 Å². The van der Waals surface area contributed by atoms with Crippen molar-refractivity contribution in [2.24, 2.45) is 5.92 Å². The second-order valence-electron chi connectivity index (χ2n) is 3.57. The van der Waals surface area contributed by atoms with E-state index in [0.717, 1.165) is 17.1 Å². The fraction of sp³-hybridized carbons (Fsp3) is 0.364. The van der Waals surface area contributed by atoms with E-state index in [1.807, 2.05) is 12.1 Å². The highest BCUT2D eigenvalue weighted by Crippen LogP contribution is 2.30. The Balaban J connectivity index is 2.31. The molecule has 0 aliphatic heterocycles. The van der Waals surface area contributed by atoms with E-state index in [1.54, 1.807) is 6.20 Å². The molecule has 2 rings (SSSR count). The summed E-state index contributed by atoms with van der Waals surface area (Å²) in [5.41, 5.74) is 2.38. The number of rotatable bonds is 1. The quantitative estimate of drug-likeness (QED) is 0.665. The molecule has 1 aliphatic carbocycles. The lowest BCUT2D eigenvalue weighted by Gasteiger charge is -1.99. The topological polar surface area (TPSA) is 12.9 Å². The number of nitrogens with zero attached hydrogens (tertiary/aromatic N) is 1. The molecule has 0 radical (unpaired) electrons. The summed E-state index contributed by atoms with van der Waals surface area (Å²) in [5.74, 6) is 0.691. The molecule has 0 aromatic carbocycles. The van der Waals surface area contributed by atoms with Crippen molar-refractivity contribution in [1.29, 1.82) is 0 Å². The Kier molecular flexibility index (Phi) is 2.36. The van der Waals surface area contributed by atoms with Gasteiger partial charge in [0.15, 0.2) is 0 Å². The van der Waals surface area contributed by atoms with E-state index in [2.05, 4.69) is 18.0 Å². The molecule has 2 heteroatoms. The van der Waals surface area contributed by atoms with Gasteiger partial charge in [-0.3, -0.25) is 4.98 Å². The SMILES string of the molecule is CC1C=C(c2cc(Cl)ccn2)CC1. The van der Waals surface area contributed by atoms with Crippen LogP contribution < -0.4 is 0 Å². The third-order valence-corrected chi connectivity index (χ3v) is 2.64. The van der Waals surface area contributed by atoms with E-state index in [9.17, 15) is 0 Å². The molecule has 13 heavy (non-hydrogen) atoms. The van der Waals surface area contributed by atoms with Crippen LogP contribution in [0, 0.1) is 5.92 Å². The fourth-order valence-corrected chi connectivity index (χ4v) is 1.85. The minimum absolute atomic E-state index is 0.691.